The van der Waals surface area contributed by atoms with Gasteiger partial charge in [-0.1, -0.05) is 18.2 Å². The topological polar surface area (TPSA) is 55.5 Å². The Hall–Kier alpha value is -2.01. The van der Waals surface area contributed by atoms with Gasteiger partial charge in [-0.3, -0.25) is 4.99 Å². The van der Waals surface area contributed by atoms with Gasteiger partial charge in [0.05, 0.1) is 0 Å². The van der Waals surface area contributed by atoms with Crippen molar-refractivity contribution >= 4 is 16.9 Å². The molecule has 1 aromatic heterocycles. The fourth-order valence-electron chi connectivity index (χ4n) is 2.83. The molecule has 1 heterocycles. The number of nitrogens with zero attached hydrogens (tertiary/aromatic N) is 2. The molecule has 3 N–H and O–H groups in total. The molecule has 2 rings (SSSR count). The summed E-state index contributed by atoms with van der Waals surface area (Å²) in [6.45, 7) is 7.44. The van der Waals surface area contributed by atoms with E-state index in [1.54, 1.807) is 0 Å². The number of fused-ring (bicyclic) bond motifs is 1. The quantitative estimate of drug-likeness (QED) is 0.373. The summed E-state index contributed by atoms with van der Waals surface area (Å²) in [6.07, 6.45) is 5.44. The van der Waals surface area contributed by atoms with Crippen molar-refractivity contribution in [3.05, 3.63) is 36.0 Å². The number of rotatable bonds is 9. The van der Waals surface area contributed by atoms with Crippen molar-refractivity contribution in [2.45, 2.75) is 39.2 Å². The predicted molar refractivity (Wildman–Crippen MR) is 108 cm³/mol. The first kappa shape index (κ1) is 19.3. The Kier molecular flexibility index (Phi) is 7.79. The molecule has 0 saturated carbocycles. The molecule has 0 spiro atoms. The van der Waals surface area contributed by atoms with Crippen LogP contribution in [0, 0.1) is 0 Å². The molecule has 5 heteroatoms. The van der Waals surface area contributed by atoms with E-state index in [9.17, 15) is 0 Å². The summed E-state index contributed by atoms with van der Waals surface area (Å²) in [5.41, 5.74) is 2.54. The minimum absolute atomic E-state index is 0.618. The minimum atomic E-state index is 0.618. The molecule has 0 amide bonds. The van der Waals surface area contributed by atoms with Gasteiger partial charge in [-0.15, -0.1) is 0 Å². The molecule has 0 aliphatic heterocycles. The second kappa shape index (κ2) is 10.1. The van der Waals surface area contributed by atoms with Gasteiger partial charge in [0, 0.05) is 43.3 Å². The summed E-state index contributed by atoms with van der Waals surface area (Å²) >= 11 is 0. The van der Waals surface area contributed by atoms with Gasteiger partial charge in [0.25, 0.3) is 0 Å². The van der Waals surface area contributed by atoms with E-state index in [0.29, 0.717) is 6.04 Å². The lowest BCUT2D eigenvalue weighted by Crippen LogP contribution is -2.39. The number of H-pyrrole nitrogens is 1. The highest BCUT2D eigenvalue weighted by Crippen LogP contribution is 2.17. The van der Waals surface area contributed by atoms with Gasteiger partial charge in [0.2, 0.25) is 0 Å². The van der Waals surface area contributed by atoms with E-state index in [1.165, 1.54) is 22.9 Å². The second-order valence-corrected chi connectivity index (χ2v) is 6.82. The van der Waals surface area contributed by atoms with Crippen molar-refractivity contribution < 1.29 is 0 Å². The van der Waals surface area contributed by atoms with E-state index in [-0.39, 0.29) is 0 Å². The number of nitrogens with one attached hydrogen (secondary N) is 3. The van der Waals surface area contributed by atoms with E-state index in [0.717, 1.165) is 38.4 Å². The number of benzene rings is 1. The normalized spacial score (nSPS) is 12.3. The van der Waals surface area contributed by atoms with E-state index < -0.39 is 0 Å². The maximum absolute atomic E-state index is 4.31. The number of aromatic amines is 1. The van der Waals surface area contributed by atoms with E-state index in [1.807, 2.05) is 7.05 Å². The average Bonchev–Trinajstić information content (AvgIpc) is 3.03. The summed E-state index contributed by atoms with van der Waals surface area (Å²) in [6, 6.07) is 9.05. The Labute approximate surface area is 151 Å². The number of aliphatic imine (C=N–C) groups is 1. The molecule has 5 nitrogen and oxygen atoms in total. The van der Waals surface area contributed by atoms with Gasteiger partial charge in [-0.2, -0.15) is 0 Å². The number of guanidine groups is 1. The number of unbranched alkanes of at least 4 members (excludes halogenated alkanes) is 1. The first-order valence-electron chi connectivity index (χ1n) is 9.31. The number of aromatic nitrogens is 1. The van der Waals surface area contributed by atoms with Crippen LogP contribution in [0.3, 0.4) is 0 Å². The highest BCUT2D eigenvalue weighted by atomic mass is 15.2. The number of hydrogen-bond donors (Lipinski definition) is 3. The van der Waals surface area contributed by atoms with Crippen LogP contribution < -0.4 is 10.6 Å². The molecule has 2 aromatic rings. The monoisotopic (exact) mass is 343 g/mol. The third kappa shape index (κ3) is 6.09. The molecule has 0 aliphatic carbocycles. The van der Waals surface area contributed by atoms with Gasteiger partial charge in [-0.05, 0) is 58.3 Å². The fraction of sp³-hybridized carbons (Fsp3) is 0.550. The summed E-state index contributed by atoms with van der Waals surface area (Å²) in [5, 5.41) is 8.11. The van der Waals surface area contributed by atoms with Gasteiger partial charge in [0.15, 0.2) is 5.96 Å². The molecule has 0 aliphatic rings. The Morgan fingerprint density at radius 2 is 1.92 bits per heavy atom. The highest BCUT2D eigenvalue weighted by Gasteiger charge is 2.04. The molecule has 138 valence electrons. The molecule has 0 unspecified atom stereocenters. The lowest BCUT2D eigenvalue weighted by atomic mass is 10.1. The molecule has 25 heavy (non-hydrogen) atoms. The Morgan fingerprint density at radius 1 is 1.16 bits per heavy atom. The lowest BCUT2D eigenvalue weighted by Gasteiger charge is -2.20. The minimum Gasteiger partial charge on any atom is -0.361 e. The fourth-order valence-corrected chi connectivity index (χ4v) is 2.83. The second-order valence-electron chi connectivity index (χ2n) is 6.82. The molecular formula is C20H33N5. The maximum Gasteiger partial charge on any atom is 0.190 e. The first-order valence-corrected chi connectivity index (χ1v) is 9.31. The van der Waals surface area contributed by atoms with Crippen LogP contribution in [0.1, 0.15) is 32.3 Å². The van der Waals surface area contributed by atoms with E-state index in [2.05, 4.69) is 76.9 Å². The Morgan fingerprint density at radius 3 is 2.68 bits per heavy atom. The van der Waals surface area contributed by atoms with Crippen molar-refractivity contribution in [1.82, 2.24) is 20.5 Å². The van der Waals surface area contributed by atoms with E-state index in [4.69, 9.17) is 0 Å². The standard InChI is InChI=1S/C20H33N5/c1-16(2)25(4)14-8-7-12-22-20(21-3)23-13-11-17-15-24-19-10-6-5-9-18(17)19/h5-6,9-10,15-16,24H,7-8,11-14H2,1-4H3,(H2,21,22,23). The van der Waals surface area contributed by atoms with Crippen molar-refractivity contribution in [2.75, 3.05) is 33.7 Å². The van der Waals surface area contributed by atoms with Crippen molar-refractivity contribution in [3.8, 4) is 0 Å². The van der Waals surface area contributed by atoms with Crippen LogP contribution in [0.15, 0.2) is 35.5 Å². The molecule has 0 atom stereocenters. The molecular weight excluding hydrogens is 310 g/mol. The van der Waals surface area contributed by atoms with Gasteiger partial charge < -0.3 is 20.5 Å². The average molecular weight is 344 g/mol. The van der Waals surface area contributed by atoms with Crippen molar-refractivity contribution in [3.63, 3.8) is 0 Å². The highest BCUT2D eigenvalue weighted by molar-refractivity contribution is 5.83. The Balaban J connectivity index is 1.65. The van der Waals surface area contributed by atoms with Gasteiger partial charge in [0.1, 0.15) is 0 Å². The van der Waals surface area contributed by atoms with Crippen LogP contribution in [0.25, 0.3) is 10.9 Å². The van der Waals surface area contributed by atoms with Gasteiger partial charge >= 0.3 is 0 Å². The van der Waals surface area contributed by atoms with E-state index >= 15 is 0 Å². The lowest BCUT2D eigenvalue weighted by molar-refractivity contribution is 0.268. The molecule has 0 fully saturated rings. The summed E-state index contributed by atoms with van der Waals surface area (Å²) in [5.74, 6) is 0.886. The van der Waals surface area contributed by atoms with Crippen LogP contribution in [0.2, 0.25) is 0 Å². The molecule has 1 aromatic carbocycles. The van der Waals surface area contributed by atoms with Gasteiger partial charge in [-0.25, -0.2) is 0 Å². The summed E-state index contributed by atoms with van der Waals surface area (Å²) in [7, 11) is 4.01. The summed E-state index contributed by atoms with van der Waals surface area (Å²) < 4.78 is 0. The van der Waals surface area contributed by atoms with Crippen molar-refractivity contribution in [2.24, 2.45) is 4.99 Å². The van der Waals surface area contributed by atoms with Crippen LogP contribution in [0.4, 0.5) is 0 Å². The molecule has 0 saturated heterocycles. The zero-order valence-electron chi connectivity index (χ0n) is 16.1. The predicted octanol–water partition coefficient (Wildman–Crippen LogP) is 3.00. The first-order chi connectivity index (χ1) is 12.1. The van der Waals surface area contributed by atoms with Crippen LogP contribution in [-0.2, 0) is 6.42 Å². The Bertz CT molecular complexity index is 659. The zero-order chi connectivity index (χ0) is 18.1. The number of hydrogen-bond acceptors (Lipinski definition) is 2. The summed E-state index contributed by atoms with van der Waals surface area (Å²) in [4.78, 5) is 10.0. The van der Waals surface area contributed by atoms with Crippen LogP contribution in [-0.4, -0.2) is 55.6 Å². The molecule has 0 bridgehead atoms. The third-order valence-electron chi connectivity index (χ3n) is 4.70. The zero-order valence-corrected chi connectivity index (χ0v) is 16.1. The number of para-hydroxylation sites is 1. The smallest absolute Gasteiger partial charge is 0.190 e. The largest absolute Gasteiger partial charge is 0.361 e. The van der Waals surface area contributed by atoms with Crippen molar-refractivity contribution in [1.29, 1.82) is 0 Å². The van der Waals surface area contributed by atoms with Crippen LogP contribution in [0.5, 0.6) is 0 Å². The van der Waals surface area contributed by atoms with Crippen LogP contribution >= 0.6 is 0 Å². The SMILES string of the molecule is CN=C(NCCCCN(C)C(C)C)NCCc1c[nH]c2ccccc12. The molecule has 0 radical (unpaired) electrons. The maximum atomic E-state index is 4.31. The third-order valence-corrected chi connectivity index (χ3v) is 4.70.